The second-order valence-electron chi connectivity index (χ2n) is 5.89. The van der Waals surface area contributed by atoms with Crippen LogP contribution in [0.25, 0.3) is 0 Å². The molecule has 0 N–H and O–H groups in total. The number of esters is 3. The van der Waals surface area contributed by atoms with Crippen molar-refractivity contribution in [3.05, 3.63) is 0 Å². The van der Waals surface area contributed by atoms with Gasteiger partial charge in [-0.25, -0.2) is 0 Å². The van der Waals surface area contributed by atoms with Crippen LogP contribution in [-0.2, 0) is 38.1 Å². The topological polar surface area (TPSA) is 97.4 Å². The van der Waals surface area contributed by atoms with Crippen LogP contribution in [0.5, 0.6) is 0 Å². The van der Waals surface area contributed by atoms with Gasteiger partial charge in [0.1, 0.15) is 18.8 Å². The first-order valence-corrected chi connectivity index (χ1v) is 7.35. The van der Waals surface area contributed by atoms with Crippen molar-refractivity contribution in [2.24, 2.45) is 5.92 Å². The number of carbonyl (C=O) groups excluding carboxylic acids is 3. The largest absolute Gasteiger partial charge is 0.463 e. The summed E-state index contributed by atoms with van der Waals surface area (Å²) in [4.78, 5) is 33.3. The molecule has 0 aliphatic carbocycles. The third-order valence-corrected chi connectivity index (χ3v) is 3.22. The Kier molecular flexibility index (Phi) is 6.52. The van der Waals surface area contributed by atoms with Gasteiger partial charge in [0.15, 0.2) is 0 Å². The first kappa shape index (κ1) is 19.4. The van der Waals surface area contributed by atoms with E-state index in [9.17, 15) is 14.4 Å². The highest BCUT2D eigenvalue weighted by atomic mass is 16.8. The summed E-state index contributed by atoms with van der Waals surface area (Å²) < 4.78 is 26.6. The molecular weight excluding hydrogens is 308 g/mol. The van der Waals surface area contributed by atoms with Crippen molar-refractivity contribution in [2.75, 3.05) is 6.61 Å². The van der Waals surface area contributed by atoms with Gasteiger partial charge in [-0.1, -0.05) is 6.92 Å². The molecular formula is C15H24O8. The second-order valence-corrected chi connectivity index (χ2v) is 5.89. The first-order valence-electron chi connectivity index (χ1n) is 7.35. The molecule has 0 unspecified atom stereocenters. The monoisotopic (exact) mass is 332 g/mol. The van der Waals surface area contributed by atoms with E-state index < -0.39 is 42.2 Å². The lowest BCUT2D eigenvalue weighted by Gasteiger charge is -2.31. The number of ether oxygens (including phenoxy) is 5. The Morgan fingerprint density at radius 1 is 1.04 bits per heavy atom. The van der Waals surface area contributed by atoms with Gasteiger partial charge < -0.3 is 23.7 Å². The minimum absolute atomic E-state index is 0.0160. The molecule has 0 aromatic carbocycles. The van der Waals surface area contributed by atoms with E-state index in [1.54, 1.807) is 13.8 Å². The zero-order chi connectivity index (χ0) is 17.8. The molecule has 0 amide bonds. The molecule has 23 heavy (non-hydrogen) atoms. The zero-order valence-corrected chi connectivity index (χ0v) is 14.3. The molecule has 0 radical (unpaired) electrons. The van der Waals surface area contributed by atoms with Gasteiger partial charge in [0.25, 0.3) is 0 Å². The molecule has 8 nitrogen and oxygen atoms in total. The van der Waals surface area contributed by atoms with Gasteiger partial charge in [0, 0.05) is 40.5 Å². The SMILES string of the molecule is CC(=O)OC[C@H]1O[C@@H](OC(C)=O)[C@H](OC(C)(C)OC(C)=O)[C@@H]1C. The van der Waals surface area contributed by atoms with Crippen LogP contribution in [0.4, 0.5) is 0 Å². The Morgan fingerprint density at radius 3 is 2.13 bits per heavy atom. The zero-order valence-electron chi connectivity index (χ0n) is 14.3. The minimum Gasteiger partial charge on any atom is -0.463 e. The van der Waals surface area contributed by atoms with Crippen molar-refractivity contribution in [2.45, 2.75) is 65.8 Å². The normalized spacial score (nSPS) is 27.4. The molecule has 0 aromatic heterocycles. The third-order valence-electron chi connectivity index (χ3n) is 3.22. The van der Waals surface area contributed by atoms with Gasteiger partial charge in [-0.15, -0.1) is 0 Å². The maximum atomic E-state index is 11.2. The van der Waals surface area contributed by atoms with E-state index in [-0.39, 0.29) is 12.5 Å². The van der Waals surface area contributed by atoms with Gasteiger partial charge >= 0.3 is 17.9 Å². The highest BCUT2D eigenvalue weighted by molar-refractivity contribution is 5.66. The molecule has 132 valence electrons. The fraction of sp³-hybridized carbons (Fsp3) is 0.800. The first-order chi connectivity index (χ1) is 10.5. The van der Waals surface area contributed by atoms with Gasteiger partial charge in [0.05, 0.1) is 0 Å². The average Bonchev–Trinajstić information content (AvgIpc) is 2.62. The van der Waals surface area contributed by atoms with E-state index in [1.165, 1.54) is 20.8 Å². The summed E-state index contributed by atoms with van der Waals surface area (Å²) in [6.45, 7) is 8.79. The lowest BCUT2D eigenvalue weighted by Crippen LogP contribution is -2.42. The van der Waals surface area contributed by atoms with E-state index in [4.69, 9.17) is 23.7 Å². The predicted octanol–water partition coefficient (Wildman–Crippen LogP) is 1.16. The summed E-state index contributed by atoms with van der Waals surface area (Å²) in [5, 5.41) is 0. The van der Waals surface area contributed by atoms with Crippen LogP contribution in [0.2, 0.25) is 0 Å². The standard InChI is InChI=1S/C15H24O8/c1-8-12(7-19-9(2)16)21-14(20-10(3)17)13(8)23-15(5,6)22-11(4)18/h8,12-14H,7H2,1-6H3/t8-,12-,13-,14-/m1/s1. The molecule has 4 atom stereocenters. The fourth-order valence-electron chi connectivity index (χ4n) is 2.34. The highest BCUT2D eigenvalue weighted by Crippen LogP contribution is 2.33. The Hall–Kier alpha value is -1.67. The summed E-state index contributed by atoms with van der Waals surface area (Å²) in [6.07, 6.45) is -2.15. The molecule has 1 aliphatic rings. The summed E-state index contributed by atoms with van der Waals surface area (Å²) in [5.41, 5.74) is 0. The van der Waals surface area contributed by atoms with Crippen LogP contribution < -0.4 is 0 Å². The van der Waals surface area contributed by atoms with Gasteiger partial charge in [-0.2, -0.15) is 0 Å². The molecule has 0 saturated carbocycles. The Bertz CT molecular complexity index is 458. The summed E-state index contributed by atoms with van der Waals surface area (Å²) in [7, 11) is 0. The van der Waals surface area contributed by atoms with Crippen molar-refractivity contribution in [3.8, 4) is 0 Å². The molecule has 8 heteroatoms. The van der Waals surface area contributed by atoms with Crippen molar-refractivity contribution in [3.63, 3.8) is 0 Å². The van der Waals surface area contributed by atoms with Crippen molar-refractivity contribution in [1.82, 2.24) is 0 Å². The van der Waals surface area contributed by atoms with Crippen LogP contribution in [0, 0.1) is 5.92 Å². The average molecular weight is 332 g/mol. The van der Waals surface area contributed by atoms with Crippen LogP contribution in [0.3, 0.4) is 0 Å². The molecule has 0 spiro atoms. The molecule has 0 bridgehead atoms. The van der Waals surface area contributed by atoms with E-state index in [1.807, 2.05) is 6.92 Å². The van der Waals surface area contributed by atoms with Crippen LogP contribution in [-0.4, -0.2) is 48.8 Å². The summed E-state index contributed by atoms with van der Waals surface area (Å²) >= 11 is 0. The number of hydrogen-bond donors (Lipinski definition) is 0. The minimum atomic E-state index is -1.22. The Labute approximate surface area is 135 Å². The van der Waals surface area contributed by atoms with Crippen molar-refractivity contribution < 1.29 is 38.1 Å². The molecule has 1 saturated heterocycles. The molecule has 0 aromatic rings. The molecule has 1 fully saturated rings. The number of hydrogen-bond acceptors (Lipinski definition) is 8. The quantitative estimate of drug-likeness (QED) is 0.406. The highest BCUT2D eigenvalue weighted by Gasteiger charge is 2.48. The van der Waals surface area contributed by atoms with E-state index >= 15 is 0 Å². The molecule has 1 aliphatic heterocycles. The summed E-state index contributed by atoms with van der Waals surface area (Å²) in [5.74, 6) is -2.94. The lowest BCUT2D eigenvalue weighted by atomic mass is 10.0. The van der Waals surface area contributed by atoms with E-state index in [0.29, 0.717) is 0 Å². The number of rotatable bonds is 6. The molecule has 1 heterocycles. The maximum absolute atomic E-state index is 11.2. The van der Waals surface area contributed by atoms with Crippen LogP contribution >= 0.6 is 0 Å². The Morgan fingerprint density at radius 2 is 1.65 bits per heavy atom. The summed E-state index contributed by atoms with van der Waals surface area (Å²) in [6, 6.07) is 0. The van der Waals surface area contributed by atoms with Crippen LogP contribution in [0.15, 0.2) is 0 Å². The van der Waals surface area contributed by atoms with Crippen molar-refractivity contribution in [1.29, 1.82) is 0 Å². The maximum Gasteiger partial charge on any atom is 0.305 e. The van der Waals surface area contributed by atoms with E-state index in [0.717, 1.165) is 0 Å². The smallest absolute Gasteiger partial charge is 0.305 e. The van der Waals surface area contributed by atoms with Gasteiger partial charge in [-0.3, -0.25) is 14.4 Å². The molecule has 1 rings (SSSR count). The number of carbonyl (C=O) groups is 3. The van der Waals surface area contributed by atoms with Crippen LogP contribution in [0.1, 0.15) is 41.5 Å². The lowest BCUT2D eigenvalue weighted by molar-refractivity contribution is -0.262. The predicted molar refractivity (Wildman–Crippen MR) is 76.9 cm³/mol. The second kappa shape index (κ2) is 7.74. The van der Waals surface area contributed by atoms with E-state index in [2.05, 4.69) is 0 Å². The van der Waals surface area contributed by atoms with Gasteiger partial charge in [0.2, 0.25) is 12.1 Å². The third kappa shape index (κ3) is 6.15. The Balaban J connectivity index is 2.83. The van der Waals surface area contributed by atoms with Crippen molar-refractivity contribution >= 4 is 17.9 Å². The van der Waals surface area contributed by atoms with Gasteiger partial charge in [-0.05, 0) is 0 Å². The fourth-order valence-corrected chi connectivity index (χ4v) is 2.34.